The van der Waals surface area contributed by atoms with E-state index in [9.17, 15) is 9.90 Å². The van der Waals surface area contributed by atoms with Crippen molar-refractivity contribution in [3.63, 3.8) is 0 Å². The van der Waals surface area contributed by atoms with Crippen molar-refractivity contribution >= 4 is 25.4 Å². The van der Waals surface area contributed by atoms with Gasteiger partial charge in [0.15, 0.2) is 0 Å². The van der Waals surface area contributed by atoms with Gasteiger partial charge in [-0.2, -0.15) is 0 Å². The van der Waals surface area contributed by atoms with Gasteiger partial charge in [-0.15, -0.1) is 11.3 Å². The van der Waals surface area contributed by atoms with Crippen LogP contribution in [0.4, 0.5) is 0 Å². The molecule has 2 N–H and O–H groups in total. The van der Waals surface area contributed by atoms with Crippen LogP contribution < -0.4 is 0 Å². The smallest absolute Gasteiger partial charge is 0.346 e. The van der Waals surface area contributed by atoms with Gasteiger partial charge in [-0.05, 0) is 11.4 Å². The lowest BCUT2D eigenvalue weighted by Crippen LogP contribution is -2.21. The molecule has 0 aliphatic heterocycles. The zero-order valence-electron chi connectivity index (χ0n) is 12.5. The van der Waals surface area contributed by atoms with Gasteiger partial charge >= 0.3 is 5.97 Å². The lowest BCUT2D eigenvalue weighted by molar-refractivity contribution is 0.0702. The predicted octanol–water partition coefficient (Wildman–Crippen LogP) is 3.69. The number of H-pyrrole nitrogens is 1. The first-order valence-corrected chi connectivity index (χ1v) is 11.4. The molecule has 0 saturated heterocycles. The van der Waals surface area contributed by atoms with Gasteiger partial charge in [0.1, 0.15) is 10.7 Å². The van der Waals surface area contributed by atoms with Crippen molar-refractivity contribution in [3.8, 4) is 11.4 Å². The Bertz CT molecular complexity index is 602. The van der Waals surface area contributed by atoms with Crippen LogP contribution in [-0.2, 0) is 11.3 Å². The first-order valence-electron chi connectivity index (χ1n) is 6.79. The minimum Gasteiger partial charge on any atom is -0.477 e. The van der Waals surface area contributed by atoms with Gasteiger partial charge in [-0.3, -0.25) is 0 Å². The lowest BCUT2D eigenvalue weighted by atomic mass is 10.1. The number of aromatic nitrogens is 2. The van der Waals surface area contributed by atoms with Gasteiger partial charge in [0.05, 0.1) is 6.61 Å². The maximum absolute atomic E-state index is 11.3. The molecule has 0 saturated carbocycles. The lowest BCUT2D eigenvalue weighted by Gasteiger charge is -2.15. The number of rotatable bonds is 7. The number of aromatic carboxylic acids is 1. The van der Waals surface area contributed by atoms with Crippen molar-refractivity contribution in [2.45, 2.75) is 32.3 Å². The van der Waals surface area contributed by atoms with Crippen LogP contribution >= 0.6 is 11.3 Å². The molecule has 5 nitrogen and oxygen atoms in total. The van der Waals surface area contributed by atoms with E-state index >= 15 is 0 Å². The molecule has 0 unspecified atom stereocenters. The van der Waals surface area contributed by atoms with Crippen LogP contribution in [0.3, 0.4) is 0 Å². The zero-order valence-corrected chi connectivity index (χ0v) is 14.3. The second-order valence-corrected chi connectivity index (χ2v) is 12.6. The van der Waals surface area contributed by atoms with E-state index in [0.717, 1.165) is 11.6 Å². The van der Waals surface area contributed by atoms with Gasteiger partial charge in [0.2, 0.25) is 0 Å². The highest BCUT2D eigenvalue weighted by Gasteiger charge is 2.21. The Morgan fingerprint density at radius 2 is 2.24 bits per heavy atom. The Hall–Kier alpha value is -1.44. The summed E-state index contributed by atoms with van der Waals surface area (Å²) in [7, 11) is -1.11. The molecule has 0 aromatic carbocycles. The van der Waals surface area contributed by atoms with E-state index in [2.05, 4.69) is 29.6 Å². The normalized spacial score (nSPS) is 11.8. The van der Waals surface area contributed by atoms with Crippen molar-refractivity contribution < 1.29 is 14.6 Å². The average molecular weight is 324 g/mol. The molecule has 0 bridgehead atoms. The SMILES string of the molecule is C[Si](C)(C)CCOCc1csc(C(=O)O)c1-c1ncc[nH]1. The molecular formula is C14H20N2O3SSi. The fourth-order valence-corrected chi connectivity index (χ4v) is 3.53. The largest absolute Gasteiger partial charge is 0.477 e. The van der Waals surface area contributed by atoms with Crippen LogP contribution in [0.1, 0.15) is 15.2 Å². The van der Waals surface area contributed by atoms with E-state index in [0.29, 0.717) is 29.5 Å². The minimum absolute atomic E-state index is 0.300. The summed E-state index contributed by atoms with van der Waals surface area (Å²) in [4.78, 5) is 18.8. The van der Waals surface area contributed by atoms with E-state index in [-0.39, 0.29) is 0 Å². The Balaban J connectivity index is 2.11. The fourth-order valence-electron chi connectivity index (χ4n) is 1.88. The van der Waals surface area contributed by atoms with Crippen molar-refractivity contribution in [1.29, 1.82) is 0 Å². The highest BCUT2D eigenvalue weighted by molar-refractivity contribution is 7.12. The number of nitrogens with zero attached hydrogens (tertiary/aromatic N) is 1. The molecular weight excluding hydrogens is 304 g/mol. The van der Waals surface area contributed by atoms with Crippen LogP contribution in [0.5, 0.6) is 0 Å². The van der Waals surface area contributed by atoms with Gasteiger partial charge in [0, 0.05) is 38.2 Å². The standard InChI is InChI=1S/C14H20N2O3SSi/c1-21(2,3)7-6-19-8-10-9-20-12(14(17)18)11(10)13-15-4-5-16-13/h4-5,9H,6-8H2,1-3H3,(H,15,16)(H,17,18). The average Bonchev–Trinajstić information content (AvgIpc) is 3.01. The molecule has 0 radical (unpaired) electrons. The number of carbonyl (C=O) groups is 1. The Kier molecular flexibility index (Phi) is 4.97. The third-order valence-corrected chi connectivity index (χ3v) is 5.77. The van der Waals surface area contributed by atoms with Gasteiger partial charge < -0.3 is 14.8 Å². The number of ether oxygens (including phenoxy) is 1. The molecule has 2 heterocycles. The minimum atomic E-state index is -1.11. The maximum Gasteiger partial charge on any atom is 0.346 e. The highest BCUT2D eigenvalue weighted by Crippen LogP contribution is 2.31. The van der Waals surface area contributed by atoms with Crippen LogP contribution in [-0.4, -0.2) is 35.7 Å². The second-order valence-electron chi connectivity index (χ2n) is 6.07. The fraction of sp³-hybridized carbons (Fsp3) is 0.429. The van der Waals surface area contributed by atoms with Gasteiger partial charge in [-0.25, -0.2) is 9.78 Å². The number of carboxylic acid groups (broad SMARTS) is 1. The van der Waals surface area contributed by atoms with Crippen LogP contribution in [0, 0.1) is 0 Å². The van der Waals surface area contributed by atoms with Crippen LogP contribution in [0.15, 0.2) is 17.8 Å². The number of nitrogens with one attached hydrogen (secondary N) is 1. The molecule has 2 rings (SSSR count). The Labute approximate surface area is 129 Å². The Morgan fingerprint density at radius 1 is 1.48 bits per heavy atom. The topological polar surface area (TPSA) is 75.2 Å². The summed E-state index contributed by atoms with van der Waals surface area (Å²) in [6.07, 6.45) is 3.31. The molecule has 0 spiro atoms. The van der Waals surface area contributed by atoms with Gasteiger partial charge in [-0.1, -0.05) is 19.6 Å². The third-order valence-electron chi connectivity index (χ3n) is 3.05. The molecule has 0 aliphatic rings. The van der Waals surface area contributed by atoms with E-state index in [1.54, 1.807) is 12.4 Å². The number of thiophene rings is 1. The highest BCUT2D eigenvalue weighted by atomic mass is 32.1. The molecule has 7 heteroatoms. The third kappa shape index (κ3) is 4.26. The van der Waals surface area contributed by atoms with E-state index in [1.807, 2.05) is 5.38 Å². The summed E-state index contributed by atoms with van der Waals surface area (Å²) in [6.45, 7) is 8.04. The monoisotopic (exact) mass is 324 g/mol. The van der Waals surface area contributed by atoms with Crippen LogP contribution in [0.2, 0.25) is 25.7 Å². The molecule has 2 aromatic heterocycles. The molecule has 2 aromatic rings. The number of aromatic amines is 1. The number of imidazole rings is 1. The number of hydrogen-bond donors (Lipinski definition) is 2. The Morgan fingerprint density at radius 3 is 2.81 bits per heavy atom. The molecule has 0 aliphatic carbocycles. The van der Waals surface area contributed by atoms with Crippen LogP contribution in [0.25, 0.3) is 11.4 Å². The number of carboxylic acids is 1. The van der Waals surface area contributed by atoms with Crippen molar-refractivity contribution in [2.24, 2.45) is 0 Å². The van der Waals surface area contributed by atoms with Crippen molar-refractivity contribution in [2.75, 3.05) is 6.61 Å². The van der Waals surface area contributed by atoms with E-state index in [4.69, 9.17) is 4.74 Å². The molecule has 114 valence electrons. The zero-order chi connectivity index (χ0) is 15.5. The summed E-state index contributed by atoms with van der Waals surface area (Å²) in [5, 5.41) is 11.1. The van der Waals surface area contributed by atoms with Gasteiger partial charge in [0.25, 0.3) is 0 Å². The molecule has 0 fully saturated rings. The summed E-state index contributed by atoms with van der Waals surface area (Å²) >= 11 is 1.22. The van der Waals surface area contributed by atoms with Crippen molar-refractivity contribution in [3.05, 3.63) is 28.2 Å². The van der Waals surface area contributed by atoms with Crippen molar-refractivity contribution in [1.82, 2.24) is 9.97 Å². The molecule has 0 amide bonds. The molecule has 0 atom stereocenters. The predicted molar refractivity (Wildman–Crippen MR) is 86.7 cm³/mol. The summed E-state index contributed by atoms with van der Waals surface area (Å²) < 4.78 is 5.73. The maximum atomic E-state index is 11.3. The summed E-state index contributed by atoms with van der Waals surface area (Å²) in [6, 6.07) is 1.10. The second kappa shape index (κ2) is 6.55. The summed E-state index contributed by atoms with van der Waals surface area (Å²) in [5.41, 5.74) is 1.52. The first kappa shape index (κ1) is 15.9. The number of hydrogen-bond acceptors (Lipinski definition) is 4. The van der Waals surface area contributed by atoms with E-state index < -0.39 is 14.0 Å². The first-order chi connectivity index (χ1) is 9.88. The molecule has 21 heavy (non-hydrogen) atoms. The quantitative estimate of drug-likeness (QED) is 0.601. The summed E-state index contributed by atoms with van der Waals surface area (Å²) in [5.74, 6) is -0.350. The van der Waals surface area contributed by atoms with E-state index in [1.165, 1.54) is 11.3 Å².